The molecule has 2 aromatic carbocycles. The van der Waals surface area contributed by atoms with Crippen LogP contribution in [0.5, 0.6) is 17.2 Å². The number of rotatable bonds is 8. The van der Waals surface area contributed by atoms with Gasteiger partial charge in [0.25, 0.3) is 5.91 Å². The van der Waals surface area contributed by atoms with Gasteiger partial charge in [0.2, 0.25) is 6.79 Å². The number of nitrogens with zero attached hydrogens (tertiary/aromatic N) is 3. The van der Waals surface area contributed by atoms with Crippen LogP contribution < -0.4 is 19.1 Å². The molecule has 4 rings (SSSR count). The summed E-state index contributed by atoms with van der Waals surface area (Å²) < 4.78 is 18.6. The molecule has 7 nitrogen and oxygen atoms in total. The molecule has 3 aromatic rings. The summed E-state index contributed by atoms with van der Waals surface area (Å²) in [5, 5.41) is 4.42. The van der Waals surface area contributed by atoms with Gasteiger partial charge in [-0.2, -0.15) is 5.10 Å². The number of amides is 1. The normalized spacial score (nSPS) is 12.2. The van der Waals surface area contributed by atoms with Crippen LogP contribution in [0.15, 0.2) is 61.2 Å². The predicted octanol–water partition coefficient (Wildman–Crippen LogP) is 4.58. The quantitative estimate of drug-likeness (QED) is 0.375. The van der Waals surface area contributed by atoms with Gasteiger partial charge in [-0.25, -0.2) is 0 Å². The standard InChI is InChI=1S/C26H27N3O4/c1-5-14-31-23-9-7-6-8-20(23)16-29(21-10-12-24-25(15-21)33-17-32-24)26(30)13-11-22-18(2)27-28(4)19(22)3/h5-13,15H,1,14,16-17H2,2-4H3. The lowest BCUT2D eigenvalue weighted by Gasteiger charge is -2.23. The molecule has 1 amide bonds. The lowest BCUT2D eigenvalue weighted by Crippen LogP contribution is -2.29. The number of carbonyl (C=O) groups excluding carboxylic acids is 1. The highest BCUT2D eigenvalue weighted by Crippen LogP contribution is 2.36. The van der Waals surface area contributed by atoms with Crippen molar-refractivity contribution in [1.29, 1.82) is 0 Å². The van der Waals surface area contributed by atoms with E-state index in [2.05, 4.69) is 11.7 Å². The highest BCUT2D eigenvalue weighted by Gasteiger charge is 2.21. The van der Waals surface area contributed by atoms with Gasteiger partial charge in [0.1, 0.15) is 12.4 Å². The molecular formula is C26H27N3O4. The Labute approximate surface area is 193 Å². The van der Waals surface area contributed by atoms with Crippen LogP contribution in [0.1, 0.15) is 22.5 Å². The van der Waals surface area contributed by atoms with Crippen LogP contribution in [-0.2, 0) is 18.4 Å². The fourth-order valence-electron chi connectivity index (χ4n) is 3.72. The number of aryl methyl sites for hydroxylation is 2. The summed E-state index contributed by atoms with van der Waals surface area (Å²) in [6.45, 7) is 8.50. The maximum Gasteiger partial charge on any atom is 0.251 e. The summed E-state index contributed by atoms with van der Waals surface area (Å²) in [5.41, 5.74) is 4.39. The Morgan fingerprint density at radius 3 is 2.76 bits per heavy atom. The van der Waals surface area contributed by atoms with E-state index in [9.17, 15) is 4.79 Å². The van der Waals surface area contributed by atoms with E-state index in [0.717, 1.165) is 22.5 Å². The van der Waals surface area contributed by atoms with E-state index in [-0.39, 0.29) is 12.7 Å². The number of ether oxygens (including phenoxy) is 3. The Balaban J connectivity index is 1.68. The molecule has 0 radical (unpaired) electrons. The molecule has 0 aliphatic carbocycles. The van der Waals surface area contributed by atoms with Crippen molar-refractivity contribution in [2.24, 2.45) is 7.05 Å². The second-order valence-corrected chi connectivity index (χ2v) is 7.71. The van der Waals surface area contributed by atoms with Gasteiger partial charge in [0, 0.05) is 41.7 Å². The smallest absolute Gasteiger partial charge is 0.251 e. The molecule has 0 saturated heterocycles. The zero-order chi connectivity index (χ0) is 23.4. The van der Waals surface area contributed by atoms with E-state index in [1.807, 2.05) is 74.1 Å². The van der Waals surface area contributed by atoms with Crippen molar-refractivity contribution in [3.05, 3.63) is 83.7 Å². The van der Waals surface area contributed by atoms with E-state index >= 15 is 0 Å². The molecule has 1 aliphatic heterocycles. The third kappa shape index (κ3) is 4.77. The van der Waals surface area contributed by atoms with Gasteiger partial charge in [-0.15, -0.1) is 0 Å². The van der Waals surface area contributed by atoms with E-state index in [0.29, 0.717) is 36.1 Å². The molecule has 7 heteroatoms. The van der Waals surface area contributed by atoms with E-state index < -0.39 is 0 Å². The Morgan fingerprint density at radius 2 is 2.00 bits per heavy atom. The number of benzene rings is 2. The van der Waals surface area contributed by atoms with E-state index in [1.54, 1.807) is 17.1 Å². The average molecular weight is 446 g/mol. The molecule has 170 valence electrons. The van der Waals surface area contributed by atoms with Crippen molar-refractivity contribution < 1.29 is 19.0 Å². The van der Waals surface area contributed by atoms with Crippen LogP contribution in [0, 0.1) is 13.8 Å². The molecule has 0 spiro atoms. The maximum absolute atomic E-state index is 13.5. The molecular weight excluding hydrogens is 418 g/mol. The number of para-hydroxylation sites is 1. The van der Waals surface area contributed by atoms with Gasteiger partial charge in [-0.1, -0.05) is 30.9 Å². The van der Waals surface area contributed by atoms with Crippen LogP contribution in [0.4, 0.5) is 5.69 Å². The van der Waals surface area contributed by atoms with Crippen molar-refractivity contribution >= 4 is 17.7 Å². The summed E-state index contributed by atoms with van der Waals surface area (Å²) in [7, 11) is 1.89. The third-order valence-corrected chi connectivity index (χ3v) is 5.55. The van der Waals surface area contributed by atoms with Crippen LogP contribution in [0.3, 0.4) is 0 Å². The monoisotopic (exact) mass is 445 g/mol. The summed E-state index contributed by atoms with van der Waals surface area (Å²) in [4.78, 5) is 15.1. The highest BCUT2D eigenvalue weighted by molar-refractivity contribution is 6.04. The Bertz CT molecular complexity index is 1210. The fourth-order valence-corrected chi connectivity index (χ4v) is 3.72. The number of aromatic nitrogens is 2. The number of hydrogen-bond acceptors (Lipinski definition) is 5. The van der Waals surface area contributed by atoms with E-state index in [1.165, 1.54) is 0 Å². The summed E-state index contributed by atoms with van der Waals surface area (Å²) in [6, 6.07) is 13.2. The zero-order valence-corrected chi connectivity index (χ0v) is 19.1. The van der Waals surface area contributed by atoms with Crippen LogP contribution in [-0.4, -0.2) is 29.1 Å². The molecule has 1 aromatic heterocycles. The van der Waals surface area contributed by atoms with Crippen molar-refractivity contribution in [3.63, 3.8) is 0 Å². The SMILES string of the molecule is C=CCOc1ccccc1CN(C(=O)C=Cc1c(C)nn(C)c1C)c1ccc2c(c1)OCO2. The van der Waals surface area contributed by atoms with Gasteiger partial charge < -0.3 is 19.1 Å². The maximum atomic E-state index is 13.5. The molecule has 0 atom stereocenters. The van der Waals surface area contributed by atoms with Gasteiger partial charge in [-0.3, -0.25) is 9.48 Å². The molecule has 0 bridgehead atoms. The average Bonchev–Trinajstić information content (AvgIpc) is 3.38. The van der Waals surface area contributed by atoms with E-state index in [4.69, 9.17) is 14.2 Å². The van der Waals surface area contributed by atoms with Crippen molar-refractivity contribution in [2.45, 2.75) is 20.4 Å². The first-order valence-electron chi connectivity index (χ1n) is 10.7. The van der Waals surface area contributed by atoms with Crippen LogP contribution >= 0.6 is 0 Å². The fraction of sp³-hybridized carbons (Fsp3) is 0.231. The lowest BCUT2D eigenvalue weighted by atomic mass is 10.1. The second kappa shape index (κ2) is 9.65. The first-order chi connectivity index (χ1) is 16.0. The molecule has 0 saturated carbocycles. The minimum absolute atomic E-state index is 0.171. The minimum Gasteiger partial charge on any atom is -0.489 e. The van der Waals surface area contributed by atoms with Gasteiger partial charge in [0.05, 0.1) is 12.2 Å². The molecule has 1 aliphatic rings. The first-order valence-corrected chi connectivity index (χ1v) is 10.7. The van der Waals surface area contributed by atoms with Crippen molar-refractivity contribution in [2.75, 3.05) is 18.3 Å². The van der Waals surface area contributed by atoms with Crippen LogP contribution in [0.2, 0.25) is 0 Å². The third-order valence-electron chi connectivity index (χ3n) is 5.55. The molecule has 2 heterocycles. The lowest BCUT2D eigenvalue weighted by molar-refractivity contribution is -0.114. The zero-order valence-electron chi connectivity index (χ0n) is 19.1. The second-order valence-electron chi connectivity index (χ2n) is 7.71. The molecule has 0 fully saturated rings. The Morgan fingerprint density at radius 1 is 1.21 bits per heavy atom. The Kier molecular flexibility index (Phi) is 6.49. The van der Waals surface area contributed by atoms with Crippen LogP contribution in [0.25, 0.3) is 6.08 Å². The largest absolute Gasteiger partial charge is 0.489 e. The van der Waals surface area contributed by atoms with Gasteiger partial charge >= 0.3 is 0 Å². The summed E-state index contributed by atoms with van der Waals surface area (Å²) >= 11 is 0. The number of anilines is 1. The number of fused-ring (bicyclic) bond motifs is 1. The predicted molar refractivity (Wildman–Crippen MR) is 128 cm³/mol. The molecule has 0 unspecified atom stereocenters. The molecule has 0 N–H and O–H groups in total. The topological polar surface area (TPSA) is 65.8 Å². The molecule has 33 heavy (non-hydrogen) atoms. The first kappa shape index (κ1) is 22.2. The number of carbonyl (C=O) groups is 1. The Hall–Kier alpha value is -4.00. The minimum atomic E-state index is -0.171. The number of hydrogen-bond donors (Lipinski definition) is 0. The van der Waals surface area contributed by atoms with Crippen molar-refractivity contribution in [3.8, 4) is 17.2 Å². The highest BCUT2D eigenvalue weighted by atomic mass is 16.7. The summed E-state index contributed by atoms with van der Waals surface area (Å²) in [5.74, 6) is 1.82. The van der Waals surface area contributed by atoms with Gasteiger partial charge in [-0.05, 0) is 38.1 Å². The summed E-state index contributed by atoms with van der Waals surface area (Å²) in [6.07, 6.45) is 5.09. The van der Waals surface area contributed by atoms with Crippen molar-refractivity contribution in [1.82, 2.24) is 9.78 Å². The van der Waals surface area contributed by atoms with Gasteiger partial charge in [0.15, 0.2) is 11.5 Å².